The van der Waals surface area contributed by atoms with Crippen LogP contribution in [0.1, 0.15) is 48.6 Å². The predicted molar refractivity (Wildman–Crippen MR) is 267 cm³/mol. The van der Waals surface area contributed by atoms with Gasteiger partial charge in [-0.3, -0.25) is 0 Å². The molecule has 0 amide bonds. The monoisotopic (exact) mass is 836 g/mol. The summed E-state index contributed by atoms with van der Waals surface area (Å²) in [6, 6.07) is 65.8. The fourth-order valence-electron chi connectivity index (χ4n) is 11.0. The molecule has 0 saturated heterocycles. The van der Waals surface area contributed by atoms with Crippen LogP contribution in [0.3, 0.4) is 0 Å². The standard InChI is InChI=1S/C62H36N4/c1-62(2,3)41-22-23-44-51(30-41)53(38-14-8-5-9-15-38)59-46-25-27-48-57-47(26-24-45(56(46)57)58(59)52(44)37-12-6-4-7-13-37)60-54(49-28-35(31-63)18-20-39(49)33-65)42-16-10-11-17-43(42)55(61(48)60)50-29-36(32-64)19-21-40(50)34-66/h4-30H,1-3H3. The average molecular weight is 837 g/mol. The van der Waals surface area contributed by atoms with Crippen molar-refractivity contribution in [2.45, 2.75) is 26.2 Å². The van der Waals surface area contributed by atoms with E-state index in [2.05, 4.69) is 160 Å². The van der Waals surface area contributed by atoms with E-state index in [1.807, 2.05) is 24.3 Å². The molecule has 0 aromatic heterocycles. The van der Waals surface area contributed by atoms with Gasteiger partial charge < -0.3 is 0 Å². The molecule has 2 aliphatic rings. The largest absolute Gasteiger partial charge is 0.192 e. The Labute approximate surface area is 382 Å². The van der Waals surface area contributed by atoms with Crippen molar-refractivity contribution in [1.29, 1.82) is 21.0 Å². The lowest BCUT2D eigenvalue weighted by Gasteiger charge is -2.24. The van der Waals surface area contributed by atoms with Gasteiger partial charge in [-0.05, 0) is 164 Å². The van der Waals surface area contributed by atoms with Gasteiger partial charge in [-0.15, -0.1) is 0 Å². The first-order valence-electron chi connectivity index (χ1n) is 22.1. The predicted octanol–water partition coefficient (Wildman–Crippen LogP) is 15.9. The zero-order chi connectivity index (χ0) is 45.0. The number of benzene rings is 10. The van der Waals surface area contributed by atoms with Gasteiger partial charge in [0.15, 0.2) is 0 Å². The van der Waals surface area contributed by atoms with Crippen LogP contribution in [-0.4, -0.2) is 0 Å². The molecule has 10 aromatic rings. The smallest absolute Gasteiger partial charge is 0.0998 e. The van der Waals surface area contributed by atoms with Crippen molar-refractivity contribution in [2.24, 2.45) is 0 Å². The maximum atomic E-state index is 10.7. The Balaban J connectivity index is 1.29. The summed E-state index contributed by atoms with van der Waals surface area (Å²) in [4.78, 5) is 0. The first-order chi connectivity index (χ1) is 32.2. The molecule has 0 bridgehead atoms. The van der Waals surface area contributed by atoms with E-state index in [9.17, 15) is 21.0 Å². The second-order valence-corrected chi connectivity index (χ2v) is 18.3. The maximum Gasteiger partial charge on any atom is 0.0998 e. The molecule has 12 rings (SSSR count). The molecule has 4 heteroatoms. The summed E-state index contributed by atoms with van der Waals surface area (Å²) in [5, 5.41) is 48.3. The molecular formula is C62H36N4. The Morgan fingerprint density at radius 1 is 0.318 bits per heavy atom. The molecule has 0 saturated carbocycles. The van der Waals surface area contributed by atoms with Crippen LogP contribution in [0.25, 0.3) is 121 Å². The average Bonchev–Trinajstić information content (AvgIpc) is 3.86. The first-order valence-corrected chi connectivity index (χ1v) is 22.1. The highest BCUT2D eigenvalue weighted by atomic mass is 14.4. The number of fused-ring (bicyclic) bond motifs is 8. The third-order valence-electron chi connectivity index (χ3n) is 13.8. The minimum atomic E-state index is -0.0827. The summed E-state index contributed by atoms with van der Waals surface area (Å²) < 4.78 is 0. The van der Waals surface area contributed by atoms with Crippen LogP contribution < -0.4 is 0 Å². The normalized spacial score (nSPS) is 11.8. The summed E-state index contributed by atoms with van der Waals surface area (Å²) in [5.74, 6) is 0. The zero-order valence-electron chi connectivity index (χ0n) is 36.4. The summed E-state index contributed by atoms with van der Waals surface area (Å²) in [6.45, 7) is 6.81. The number of hydrogen-bond acceptors (Lipinski definition) is 4. The van der Waals surface area contributed by atoms with E-state index >= 15 is 0 Å². The van der Waals surface area contributed by atoms with Crippen LogP contribution in [0.5, 0.6) is 0 Å². The summed E-state index contributed by atoms with van der Waals surface area (Å²) in [7, 11) is 0. The number of nitriles is 4. The highest BCUT2D eigenvalue weighted by Gasteiger charge is 2.38. The van der Waals surface area contributed by atoms with Gasteiger partial charge in [-0.25, -0.2) is 0 Å². The van der Waals surface area contributed by atoms with Crippen LogP contribution in [0, 0.1) is 45.3 Å². The van der Waals surface area contributed by atoms with Crippen LogP contribution in [0.15, 0.2) is 164 Å². The topological polar surface area (TPSA) is 95.2 Å². The van der Waals surface area contributed by atoms with Crippen LogP contribution >= 0.6 is 0 Å². The van der Waals surface area contributed by atoms with Gasteiger partial charge in [0, 0.05) is 11.1 Å². The second-order valence-electron chi connectivity index (χ2n) is 18.3. The van der Waals surface area contributed by atoms with Gasteiger partial charge >= 0.3 is 0 Å². The van der Waals surface area contributed by atoms with E-state index in [0.717, 1.165) is 77.2 Å². The van der Waals surface area contributed by atoms with Gasteiger partial charge in [0.2, 0.25) is 0 Å². The van der Waals surface area contributed by atoms with Crippen molar-refractivity contribution in [3.05, 3.63) is 192 Å². The fraction of sp³-hybridized carbons (Fsp3) is 0.0645. The lowest BCUT2D eigenvalue weighted by molar-refractivity contribution is 0.591. The molecule has 0 fully saturated rings. The van der Waals surface area contributed by atoms with Crippen molar-refractivity contribution in [3.8, 4) is 113 Å². The molecule has 0 N–H and O–H groups in total. The Morgan fingerprint density at radius 3 is 1.12 bits per heavy atom. The summed E-state index contributed by atoms with van der Waals surface area (Å²) in [6.07, 6.45) is 0. The number of rotatable bonds is 4. The third kappa shape index (κ3) is 5.34. The Bertz CT molecular complexity index is 3860. The fourth-order valence-corrected chi connectivity index (χ4v) is 11.0. The van der Waals surface area contributed by atoms with Gasteiger partial charge in [0.25, 0.3) is 0 Å². The third-order valence-corrected chi connectivity index (χ3v) is 13.8. The molecule has 0 spiro atoms. The first kappa shape index (κ1) is 38.6. The molecule has 4 nitrogen and oxygen atoms in total. The van der Waals surface area contributed by atoms with Crippen molar-refractivity contribution in [1.82, 2.24) is 0 Å². The van der Waals surface area contributed by atoms with Crippen molar-refractivity contribution in [2.75, 3.05) is 0 Å². The van der Waals surface area contributed by atoms with E-state index in [4.69, 9.17) is 0 Å². The molecule has 0 aliphatic heterocycles. The lowest BCUT2D eigenvalue weighted by atomic mass is 9.79. The van der Waals surface area contributed by atoms with E-state index in [1.54, 1.807) is 24.3 Å². The highest BCUT2D eigenvalue weighted by Crippen LogP contribution is 2.64. The zero-order valence-corrected chi connectivity index (χ0v) is 36.4. The molecule has 0 radical (unpaired) electrons. The lowest BCUT2D eigenvalue weighted by Crippen LogP contribution is -2.10. The van der Waals surface area contributed by atoms with Crippen LogP contribution in [0.4, 0.5) is 0 Å². The van der Waals surface area contributed by atoms with E-state index in [0.29, 0.717) is 33.4 Å². The quantitative estimate of drug-likeness (QED) is 0.176. The van der Waals surface area contributed by atoms with E-state index < -0.39 is 0 Å². The van der Waals surface area contributed by atoms with Gasteiger partial charge in [0.1, 0.15) is 0 Å². The van der Waals surface area contributed by atoms with Gasteiger partial charge in [0.05, 0.1) is 46.5 Å². The Kier molecular flexibility index (Phi) is 8.32. The number of nitrogens with zero attached hydrogens (tertiary/aromatic N) is 4. The van der Waals surface area contributed by atoms with Crippen LogP contribution in [0.2, 0.25) is 0 Å². The highest BCUT2D eigenvalue weighted by molar-refractivity contribution is 6.35. The molecule has 2 aliphatic carbocycles. The Morgan fingerprint density at radius 2 is 0.712 bits per heavy atom. The Hall–Kier alpha value is -9.06. The number of hydrogen-bond donors (Lipinski definition) is 0. The van der Waals surface area contributed by atoms with Crippen molar-refractivity contribution >= 4 is 32.3 Å². The van der Waals surface area contributed by atoms with Crippen molar-refractivity contribution < 1.29 is 0 Å². The van der Waals surface area contributed by atoms with E-state index in [-0.39, 0.29) is 5.41 Å². The molecular weight excluding hydrogens is 801 g/mol. The minimum absolute atomic E-state index is 0.0827. The SMILES string of the molecule is CC(C)(C)c1ccc2c(-c3ccccc3)c3c(c(-c4ccccc4)c2c1)-c1ccc2c4c(ccc-3c14)-c1c-2c(-c2cc(C#N)ccc2C#N)c2ccccc2c1-c1cc(C#N)ccc1C#N. The second kappa shape index (κ2) is 14.2. The molecule has 0 atom stereocenters. The summed E-state index contributed by atoms with van der Waals surface area (Å²) in [5.41, 5.74) is 19.3. The minimum Gasteiger partial charge on any atom is -0.192 e. The van der Waals surface area contributed by atoms with Gasteiger partial charge in [-0.2, -0.15) is 21.0 Å². The molecule has 0 heterocycles. The molecule has 304 valence electrons. The van der Waals surface area contributed by atoms with Gasteiger partial charge in [-0.1, -0.05) is 142 Å². The molecule has 10 aromatic carbocycles. The molecule has 0 unspecified atom stereocenters. The van der Waals surface area contributed by atoms with Crippen LogP contribution in [-0.2, 0) is 5.41 Å². The molecule has 66 heavy (non-hydrogen) atoms. The summed E-state index contributed by atoms with van der Waals surface area (Å²) >= 11 is 0. The van der Waals surface area contributed by atoms with E-state index in [1.165, 1.54) is 38.6 Å². The van der Waals surface area contributed by atoms with Crippen molar-refractivity contribution in [3.63, 3.8) is 0 Å². The maximum absolute atomic E-state index is 10.7.